The van der Waals surface area contributed by atoms with Gasteiger partial charge in [-0.05, 0) is 79.3 Å². The number of carbonyl (C=O) groups excluding carboxylic acids is 2. The van der Waals surface area contributed by atoms with Crippen LogP contribution in [0.25, 0.3) is 0 Å². The average Bonchev–Trinajstić information content (AvgIpc) is 2.97. The number of anilines is 3. The fourth-order valence-corrected chi connectivity index (χ4v) is 5.18. The van der Waals surface area contributed by atoms with Crippen molar-refractivity contribution in [2.75, 3.05) is 30.2 Å². The van der Waals surface area contributed by atoms with Crippen molar-refractivity contribution < 1.29 is 19.1 Å². The highest BCUT2D eigenvalue weighted by Crippen LogP contribution is 2.38. The molecule has 1 amide bonds. The lowest BCUT2D eigenvalue weighted by atomic mass is 10.1. The molecule has 0 radical (unpaired) electrons. The fourth-order valence-electron chi connectivity index (χ4n) is 3.87. The second kappa shape index (κ2) is 13.6. The zero-order chi connectivity index (χ0) is 28.5. The third kappa shape index (κ3) is 7.62. The van der Waals surface area contributed by atoms with Crippen molar-refractivity contribution in [1.29, 1.82) is 0 Å². The first-order valence-electron chi connectivity index (χ1n) is 12.4. The third-order valence-corrected chi connectivity index (χ3v) is 7.35. The molecule has 0 bridgehead atoms. The molecule has 0 fully saturated rings. The maximum atomic E-state index is 13.6. The number of rotatable bonds is 10. The Hall–Kier alpha value is -4.34. The van der Waals surface area contributed by atoms with Gasteiger partial charge in [0.2, 0.25) is 5.91 Å². The number of ether oxygens (including phenoxy) is 2. The van der Waals surface area contributed by atoms with E-state index in [0.29, 0.717) is 27.9 Å². The first kappa shape index (κ1) is 28.7. The summed E-state index contributed by atoms with van der Waals surface area (Å²) in [6.07, 6.45) is 0. The number of ketones is 1. The first-order valence-corrected chi connectivity index (χ1v) is 13.7. The van der Waals surface area contributed by atoms with Gasteiger partial charge in [-0.3, -0.25) is 9.59 Å². The molecule has 4 rings (SSSR count). The highest BCUT2D eigenvalue weighted by atomic mass is 32.2. The van der Waals surface area contributed by atoms with Crippen molar-refractivity contribution in [2.24, 2.45) is 0 Å². The lowest BCUT2D eigenvalue weighted by Gasteiger charge is -2.19. The molecule has 0 saturated carbocycles. The van der Waals surface area contributed by atoms with Crippen molar-refractivity contribution in [1.82, 2.24) is 0 Å². The summed E-state index contributed by atoms with van der Waals surface area (Å²) in [6, 6.07) is 29.7. The quantitative estimate of drug-likeness (QED) is 0.105. The minimum Gasteiger partial charge on any atom is -0.497 e. The van der Waals surface area contributed by atoms with E-state index in [4.69, 9.17) is 21.7 Å². The summed E-state index contributed by atoms with van der Waals surface area (Å²) < 4.78 is 10.7. The topological polar surface area (TPSA) is 88.7 Å². The number of carbonyl (C=O) groups is 2. The summed E-state index contributed by atoms with van der Waals surface area (Å²) in [5.74, 6) is 0.956. The Morgan fingerprint density at radius 2 is 1.50 bits per heavy atom. The van der Waals surface area contributed by atoms with Gasteiger partial charge in [-0.2, -0.15) is 0 Å². The Morgan fingerprint density at radius 3 is 2.17 bits per heavy atom. The first-order chi connectivity index (χ1) is 19.4. The van der Waals surface area contributed by atoms with Crippen LogP contribution in [0.15, 0.2) is 102 Å². The van der Waals surface area contributed by atoms with Crippen LogP contribution in [0.4, 0.5) is 17.1 Å². The SMILES string of the molecule is COc1ccc(NC(=O)C(Sc2cccc(NC(=S)Nc3ccc(C(C)=O)cc3)c2)c2ccccc2)c(OC)c1. The smallest absolute Gasteiger partial charge is 0.242 e. The summed E-state index contributed by atoms with van der Waals surface area (Å²) in [4.78, 5) is 26.0. The Balaban J connectivity index is 1.49. The zero-order valence-corrected chi connectivity index (χ0v) is 23.9. The van der Waals surface area contributed by atoms with E-state index in [1.54, 1.807) is 56.7 Å². The van der Waals surface area contributed by atoms with Crippen LogP contribution >= 0.6 is 24.0 Å². The van der Waals surface area contributed by atoms with E-state index in [0.717, 1.165) is 21.8 Å². The number of thioether (sulfide) groups is 1. The number of hydrogen-bond donors (Lipinski definition) is 3. The number of benzene rings is 4. The number of methoxy groups -OCH3 is 2. The molecule has 204 valence electrons. The Morgan fingerprint density at radius 1 is 0.775 bits per heavy atom. The third-order valence-electron chi connectivity index (χ3n) is 5.90. The van der Waals surface area contributed by atoms with Gasteiger partial charge < -0.3 is 25.4 Å². The van der Waals surface area contributed by atoms with Crippen LogP contribution in [-0.2, 0) is 4.79 Å². The fraction of sp³-hybridized carbons (Fsp3) is 0.129. The molecular weight excluding hydrogens is 542 g/mol. The number of amides is 1. The van der Waals surface area contributed by atoms with Gasteiger partial charge in [-0.25, -0.2) is 0 Å². The van der Waals surface area contributed by atoms with Crippen molar-refractivity contribution in [3.8, 4) is 11.5 Å². The molecule has 1 unspecified atom stereocenters. The Kier molecular flexibility index (Phi) is 9.77. The molecule has 7 nitrogen and oxygen atoms in total. The van der Waals surface area contributed by atoms with E-state index in [9.17, 15) is 9.59 Å². The molecule has 9 heteroatoms. The van der Waals surface area contributed by atoms with E-state index >= 15 is 0 Å². The van der Waals surface area contributed by atoms with E-state index in [2.05, 4.69) is 16.0 Å². The van der Waals surface area contributed by atoms with Gasteiger partial charge >= 0.3 is 0 Å². The molecule has 0 spiro atoms. The molecular formula is C31H29N3O4S2. The van der Waals surface area contributed by atoms with E-state index in [-0.39, 0.29) is 11.7 Å². The standard InChI is InChI=1S/C31H29N3O4S2/c1-20(35)21-12-14-23(15-13-21)32-31(39)33-24-10-7-11-26(18-24)40-29(22-8-5-4-6-9-22)30(36)34-27-17-16-25(37-2)19-28(27)38-3/h4-19,29H,1-3H3,(H,34,36)(H2,32,33,39). The van der Waals surface area contributed by atoms with Crippen LogP contribution in [0.2, 0.25) is 0 Å². The number of hydrogen-bond acceptors (Lipinski definition) is 6. The van der Waals surface area contributed by atoms with Crippen molar-refractivity contribution >= 4 is 57.8 Å². The number of Topliss-reactive ketones (excluding diaryl/α,β-unsaturated/α-hetero) is 1. The highest BCUT2D eigenvalue weighted by molar-refractivity contribution is 8.00. The maximum absolute atomic E-state index is 13.6. The minimum atomic E-state index is -0.534. The lowest BCUT2D eigenvalue weighted by molar-refractivity contribution is -0.115. The number of nitrogens with one attached hydrogen (secondary N) is 3. The Bertz CT molecular complexity index is 1490. The van der Waals surface area contributed by atoms with E-state index in [1.165, 1.54) is 18.7 Å². The second-order valence-electron chi connectivity index (χ2n) is 8.70. The molecule has 0 aliphatic heterocycles. The molecule has 4 aromatic carbocycles. The predicted molar refractivity (Wildman–Crippen MR) is 166 cm³/mol. The van der Waals surface area contributed by atoms with Crippen LogP contribution in [0.1, 0.15) is 28.1 Å². The van der Waals surface area contributed by atoms with Crippen molar-refractivity contribution in [3.63, 3.8) is 0 Å². The largest absolute Gasteiger partial charge is 0.497 e. The normalized spacial score (nSPS) is 11.2. The summed E-state index contributed by atoms with van der Waals surface area (Å²) in [5.41, 5.74) is 3.59. The average molecular weight is 572 g/mol. The van der Waals surface area contributed by atoms with Gasteiger partial charge in [-0.1, -0.05) is 36.4 Å². The van der Waals surface area contributed by atoms with Gasteiger partial charge in [-0.15, -0.1) is 11.8 Å². The molecule has 40 heavy (non-hydrogen) atoms. The van der Waals surface area contributed by atoms with Gasteiger partial charge in [0.1, 0.15) is 16.7 Å². The lowest BCUT2D eigenvalue weighted by Crippen LogP contribution is -2.20. The molecule has 1 atom stereocenters. The monoisotopic (exact) mass is 571 g/mol. The summed E-state index contributed by atoms with van der Waals surface area (Å²) in [6.45, 7) is 1.53. The van der Waals surface area contributed by atoms with Gasteiger partial charge in [0.15, 0.2) is 10.9 Å². The summed E-state index contributed by atoms with van der Waals surface area (Å²) in [5, 5.41) is 9.19. The molecule has 0 aromatic heterocycles. The molecule has 3 N–H and O–H groups in total. The van der Waals surface area contributed by atoms with Gasteiger partial charge in [0.25, 0.3) is 0 Å². The van der Waals surface area contributed by atoms with E-state index < -0.39 is 5.25 Å². The van der Waals surface area contributed by atoms with Gasteiger partial charge in [0, 0.05) is 27.9 Å². The molecule has 0 saturated heterocycles. The number of thiocarbonyl (C=S) groups is 1. The van der Waals surface area contributed by atoms with Crippen molar-refractivity contribution in [2.45, 2.75) is 17.1 Å². The molecule has 0 aliphatic carbocycles. The Labute approximate surface area is 243 Å². The van der Waals surface area contributed by atoms with Crippen LogP contribution in [0, 0.1) is 0 Å². The van der Waals surface area contributed by atoms with Crippen LogP contribution in [0.3, 0.4) is 0 Å². The van der Waals surface area contributed by atoms with Crippen molar-refractivity contribution in [3.05, 3.63) is 108 Å². The molecule has 0 aliphatic rings. The van der Waals surface area contributed by atoms with Crippen LogP contribution < -0.4 is 25.4 Å². The molecule has 0 heterocycles. The van der Waals surface area contributed by atoms with Crippen LogP contribution in [0.5, 0.6) is 11.5 Å². The minimum absolute atomic E-state index is 0.00666. The second-order valence-corrected chi connectivity index (χ2v) is 10.3. The van der Waals surface area contributed by atoms with E-state index in [1.807, 2.05) is 54.6 Å². The summed E-state index contributed by atoms with van der Waals surface area (Å²) >= 11 is 6.91. The highest BCUT2D eigenvalue weighted by Gasteiger charge is 2.23. The zero-order valence-electron chi connectivity index (χ0n) is 22.3. The van der Waals surface area contributed by atoms with Crippen LogP contribution in [-0.4, -0.2) is 31.0 Å². The predicted octanol–water partition coefficient (Wildman–Crippen LogP) is 7.19. The van der Waals surface area contributed by atoms with Gasteiger partial charge in [0.05, 0.1) is 19.9 Å². The maximum Gasteiger partial charge on any atom is 0.242 e. The molecule has 4 aromatic rings. The summed E-state index contributed by atoms with van der Waals surface area (Å²) in [7, 11) is 3.13.